The van der Waals surface area contributed by atoms with Gasteiger partial charge in [0.15, 0.2) is 5.78 Å². The second-order valence-corrected chi connectivity index (χ2v) is 5.75. The number of nitrogens with zero attached hydrogens (tertiary/aromatic N) is 2. The van der Waals surface area contributed by atoms with Crippen molar-refractivity contribution in [2.45, 2.75) is 18.7 Å². The van der Waals surface area contributed by atoms with Crippen LogP contribution in [0.1, 0.15) is 24.2 Å². The molecule has 0 aliphatic carbocycles. The van der Waals surface area contributed by atoms with Gasteiger partial charge in [-0.25, -0.2) is 0 Å². The number of hydrogen-bond acceptors (Lipinski definition) is 4. The van der Waals surface area contributed by atoms with Gasteiger partial charge < -0.3 is 0 Å². The molecule has 0 aliphatic rings. The van der Waals surface area contributed by atoms with Crippen molar-refractivity contribution >= 4 is 35.4 Å². The highest BCUT2D eigenvalue weighted by molar-refractivity contribution is 8.00. The largest absolute Gasteiger partial charge is 0.293 e. The molecular weight excluding hydrogens is 280 g/mol. The van der Waals surface area contributed by atoms with Crippen LogP contribution in [0.4, 0.5) is 0 Å². The average Bonchev–Trinajstić information content (AvgIpc) is 2.40. The minimum atomic E-state index is -0.833. The Labute approximate surface area is 122 Å². The van der Waals surface area contributed by atoms with E-state index in [4.69, 9.17) is 11.6 Å². The molecule has 100 valence electrons. The number of Topliss-reactive ketones (excluding diaryl/α,β-unsaturated/α-hetero) is 1. The Hall–Kier alpha value is -1.31. The maximum atomic E-state index is 12.4. The number of aliphatic imine (C=N–C) groups is 1. The van der Waals surface area contributed by atoms with E-state index in [-0.39, 0.29) is 5.78 Å². The fraction of sp³-hybridized carbons (Fsp3) is 0.357. The van der Waals surface area contributed by atoms with Gasteiger partial charge in [0, 0.05) is 10.6 Å². The molecule has 0 saturated carbocycles. The van der Waals surface area contributed by atoms with Gasteiger partial charge in [-0.15, -0.1) is 11.8 Å². The summed E-state index contributed by atoms with van der Waals surface area (Å²) in [7, 11) is 0. The third-order valence-electron chi connectivity index (χ3n) is 2.85. The summed E-state index contributed by atoms with van der Waals surface area (Å²) >= 11 is 7.18. The minimum absolute atomic E-state index is 0.235. The summed E-state index contributed by atoms with van der Waals surface area (Å²) in [6, 6.07) is 8.62. The third-order valence-corrected chi connectivity index (χ3v) is 4.27. The highest BCUT2D eigenvalue weighted by Gasteiger charge is 2.38. The highest BCUT2D eigenvalue weighted by atomic mass is 35.5. The molecule has 1 aromatic rings. The molecule has 0 aromatic heterocycles. The summed E-state index contributed by atoms with van der Waals surface area (Å²) in [5.74, 6) is -1.07. The predicted octanol–water partition coefficient (Wildman–Crippen LogP) is 3.83. The fourth-order valence-corrected chi connectivity index (χ4v) is 2.44. The molecule has 2 unspecified atom stereocenters. The Kier molecular flexibility index (Phi) is 5.59. The van der Waals surface area contributed by atoms with E-state index in [0.29, 0.717) is 10.6 Å². The van der Waals surface area contributed by atoms with Crippen LogP contribution in [0.2, 0.25) is 5.02 Å². The van der Waals surface area contributed by atoms with Gasteiger partial charge in [-0.1, -0.05) is 11.6 Å². The van der Waals surface area contributed by atoms with Crippen molar-refractivity contribution in [3.63, 3.8) is 0 Å². The lowest BCUT2D eigenvalue weighted by atomic mass is 9.92. The Bertz CT molecular complexity index is 521. The van der Waals surface area contributed by atoms with Gasteiger partial charge in [0.2, 0.25) is 0 Å². The van der Waals surface area contributed by atoms with Crippen LogP contribution in [0.15, 0.2) is 29.3 Å². The van der Waals surface area contributed by atoms with Crippen LogP contribution >= 0.6 is 23.4 Å². The van der Waals surface area contributed by atoms with Crippen molar-refractivity contribution in [3.05, 3.63) is 34.9 Å². The predicted molar refractivity (Wildman–Crippen MR) is 81.0 cm³/mol. The number of thioether (sulfide) groups is 1. The molecule has 3 nitrogen and oxygen atoms in total. The van der Waals surface area contributed by atoms with Crippen LogP contribution in [0, 0.1) is 17.2 Å². The van der Waals surface area contributed by atoms with Crippen molar-refractivity contribution in [2.75, 3.05) is 6.26 Å². The summed E-state index contributed by atoms with van der Waals surface area (Å²) in [5, 5.41) is 9.88. The molecule has 0 amide bonds. The van der Waals surface area contributed by atoms with E-state index in [1.165, 1.54) is 11.8 Å². The summed E-state index contributed by atoms with van der Waals surface area (Å²) in [5.41, 5.74) is 0.475. The van der Waals surface area contributed by atoms with E-state index in [0.717, 1.165) is 0 Å². The van der Waals surface area contributed by atoms with E-state index in [9.17, 15) is 10.1 Å². The van der Waals surface area contributed by atoms with Crippen LogP contribution in [0.3, 0.4) is 0 Å². The van der Waals surface area contributed by atoms with Crippen LogP contribution in [0.25, 0.3) is 0 Å². The lowest BCUT2D eigenvalue weighted by Crippen LogP contribution is -2.34. The smallest absolute Gasteiger partial charge is 0.183 e. The number of carbonyl (C=O) groups excluding carboxylic acids is 1. The van der Waals surface area contributed by atoms with Gasteiger partial charge in [0.05, 0.1) is 6.07 Å². The fourth-order valence-electron chi connectivity index (χ4n) is 1.70. The monoisotopic (exact) mass is 294 g/mol. The number of halogens is 1. The molecule has 0 bridgehead atoms. The first kappa shape index (κ1) is 15.7. The van der Waals surface area contributed by atoms with Gasteiger partial charge in [-0.05, 0) is 50.6 Å². The summed E-state index contributed by atoms with van der Waals surface area (Å²) in [4.78, 5) is 15.9. The first-order chi connectivity index (χ1) is 8.98. The maximum absolute atomic E-state index is 12.4. The average molecular weight is 295 g/mol. The number of carbonyl (C=O) groups is 1. The summed E-state index contributed by atoms with van der Waals surface area (Å²) in [6.45, 7) is 3.56. The molecule has 0 aliphatic heterocycles. The van der Waals surface area contributed by atoms with Gasteiger partial charge in [0.25, 0.3) is 0 Å². The molecule has 0 fully saturated rings. The SMILES string of the molecule is CC=NC(C)(SC)C(C#N)C(=O)c1ccc(Cl)cc1. The van der Waals surface area contributed by atoms with Crippen molar-refractivity contribution in [1.82, 2.24) is 0 Å². The molecule has 2 atom stereocenters. The zero-order chi connectivity index (χ0) is 14.5. The van der Waals surface area contributed by atoms with Crippen LogP contribution in [0.5, 0.6) is 0 Å². The Morgan fingerprint density at radius 1 is 1.53 bits per heavy atom. The van der Waals surface area contributed by atoms with Crippen LogP contribution in [-0.2, 0) is 0 Å². The lowest BCUT2D eigenvalue weighted by molar-refractivity contribution is 0.0932. The highest BCUT2D eigenvalue weighted by Crippen LogP contribution is 2.34. The van der Waals surface area contributed by atoms with Gasteiger partial charge in [-0.3, -0.25) is 9.79 Å². The van der Waals surface area contributed by atoms with E-state index in [2.05, 4.69) is 11.1 Å². The van der Waals surface area contributed by atoms with Crippen molar-refractivity contribution in [3.8, 4) is 6.07 Å². The number of hydrogen-bond donors (Lipinski definition) is 0. The zero-order valence-corrected chi connectivity index (χ0v) is 12.6. The molecule has 0 heterocycles. The van der Waals surface area contributed by atoms with Gasteiger partial charge in [0.1, 0.15) is 10.8 Å². The Morgan fingerprint density at radius 3 is 2.53 bits per heavy atom. The quantitative estimate of drug-likeness (QED) is 0.612. The Morgan fingerprint density at radius 2 is 2.11 bits per heavy atom. The molecular formula is C14H15ClN2OS. The lowest BCUT2D eigenvalue weighted by Gasteiger charge is -2.26. The van der Waals surface area contributed by atoms with E-state index in [1.807, 2.05) is 6.26 Å². The normalized spacial score (nSPS) is 15.7. The van der Waals surface area contributed by atoms with Crippen molar-refractivity contribution in [2.24, 2.45) is 10.9 Å². The van der Waals surface area contributed by atoms with Gasteiger partial charge >= 0.3 is 0 Å². The van der Waals surface area contributed by atoms with E-state index < -0.39 is 10.8 Å². The van der Waals surface area contributed by atoms with Gasteiger partial charge in [-0.2, -0.15) is 5.26 Å². The number of nitriles is 1. The topological polar surface area (TPSA) is 53.2 Å². The first-order valence-electron chi connectivity index (χ1n) is 5.73. The molecule has 0 saturated heterocycles. The molecule has 1 aromatic carbocycles. The summed E-state index contributed by atoms with van der Waals surface area (Å²) in [6.07, 6.45) is 3.46. The van der Waals surface area contributed by atoms with Crippen molar-refractivity contribution in [1.29, 1.82) is 5.26 Å². The molecule has 5 heteroatoms. The molecule has 0 spiro atoms. The minimum Gasteiger partial charge on any atom is -0.293 e. The van der Waals surface area contributed by atoms with E-state index >= 15 is 0 Å². The van der Waals surface area contributed by atoms with Crippen LogP contribution < -0.4 is 0 Å². The number of ketones is 1. The molecule has 0 radical (unpaired) electrons. The zero-order valence-electron chi connectivity index (χ0n) is 11.1. The second kappa shape index (κ2) is 6.74. The van der Waals surface area contributed by atoms with E-state index in [1.54, 1.807) is 44.3 Å². The maximum Gasteiger partial charge on any atom is 0.183 e. The first-order valence-corrected chi connectivity index (χ1v) is 7.33. The summed E-state index contributed by atoms with van der Waals surface area (Å²) < 4.78 is 0. The Balaban J connectivity index is 3.13. The molecule has 19 heavy (non-hydrogen) atoms. The molecule has 1 rings (SSSR count). The second-order valence-electron chi connectivity index (χ2n) is 4.08. The number of benzene rings is 1. The number of rotatable bonds is 5. The van der Waals surface area contributed by atoms with Crippen molar-refractivity contribution < 1.29 is 4.79 Å². The van der Waals surface area contributed by atoms with Crippen LogP contribution in [-0.4, -0.2) is 23.1 Å². The third kappa shape index (κ3) is 3.59. The standard InChI is InChI=1S/C14H15ClN2OS/c1-4-17-14(2,19-3)12(9-16)13(18)10-5-7-11(15)8-6-10/h4-8,12H,1-3H3. The molecule has 0 N–H and O–H groups in total.